The molecule has 0 aliphatic carbocycles. The van der Waals surface area contributed by atoms with Crippen molar-refractivity contribution in [1.82, 2.24) is 9.80 Å². The molecule has 2 heterocycles. The van der Waals surface area contributed by atoms with Crippen LogP contribution >= 0.6 is 12.2 Å². The van der Waals surface area contributed by atoms with Crippen LogP contribution in [0, 0.1) is 0 Å². The van der Waals surface area contributed by atoms with Gasteiger partial charge in [0.2, 0.25) is 0 Å². The Bertz CT molecular complexity index is 668. The Kier molecular flexibility index (Phi) is 6.50. The van der Waals surface area contributed by atoms with Crippen molar-refractivity contribution in [1.29, 1.82) is 0 Å². The molecule has 2 aliphatic heterocycles. The van der Waals surface area contributed by atoms with Gasteiger partial charge >= 0.3 is 6.09 Å². The Morgan fingerprint density at radius 2 is 1.96 bits per heavy atom. The van der Waals surface area contributed by atoms with Crippen LogP contribution in [0.1, 0.15) is 44.2 Å². The van der Waals surface area contributed by atoms with E-state index < -0.39 is 5.60 Å². The number of fused-ring (bicyclic) bond motifs is 1. The van der Waals surface area contributed by atoms with Crippen LogP contribution in [0.25, 0.3) is 0 Å². The predicted octanol–water partition coefficient (Wildman–Crippen LogP) is 3.61. The molecule has 2 unspecified atom stereocenters. The molecule has 5 nitrogen and oxygen atoms in total. The largest absolute Gasteiger partial charge is 0.444 e. The number of hydrogen-bond acceptors (Lipinski definition) is 5. The third kappa shape index (κ3) is 4.86. The number of hydrogen-bond donors (Lipinski definition) is 0. The minimum Gasteiger partial charge on any atom is -0.444 e. The van der Waals surface area contributed by atoms with Gasteiger partial charge in [-0.15, -0.1) is 0 Å². The Hall–Kier alpha value is -1.50. The lowest BCUT2D eigenvalue weighted by Gasteiger charge is -2.44. The Labute approximate surface area is 167 Å². The maximum atomic E-state index is 13.1. The van der Waals surface area contributed by atoms with Crippen molar-refractivity contribution in [2.24, 2.45) is 0 Å². The van der Waals surface area contributed by atoms with Crippen LogP contribution in [-0.2, 0) is 15.9 Å². The van der Waals surface area contributed by atoms with Gasteiger partial charge in [-0.1, -0.05) is 36.5 Å². The number of thiocarbonyl (C=S) groups is 1. The van der Waals surface area contributed by atoms with Gasteiger partial charge in [0.05, 0.1) is 19.4 Å². The fourth-order valence-corrected chi connectivity index (χ4v) is 4.25. The number of nitrogens with zero attached hydrogens (tertiary/aromatic N) is 2. The van der Waals surface area contributed by atoms with Crippen molar-refractivity contribution >= 4 is 23.7 Å². The average Bonchev–Trinajstić information content (AvgIpc) is 2.79. The summed E-state index contributed by atoms with van der Waals surface area (Å²) in [6, 6.07) is 8.50. The molecule has 1 aromatic rings. The Morgan fingerprint density at radius 3 is 2.63 bits per heavy atom. The van der Waals surface area contributed by atoms with Crippen molar-refractivity contribution in [2.75, 3.05) is 32.8 Å². The van der Waals surface area contributed by atoms with Crippen molar-refractivity contribution in [3.8, 4) is 0 Å². The lowest BCUT2D eigenvalue weighted by atomic mass is 9.89. The molecule has 0 radical (unpaired) electrons. The topological polar surface area (TPSA) is 42.0 Å². The smallest absolute Gasteiger partial charge is 0.411 e. The van der Waals surface area contributed by atoms with Crippen LogP contribution in [0.15, 0.2) is 24.3 Å². The minimum absolute atomic E-state index is 0.0772. The predicted molar refractivity (Wildman–Crippen MR) is 110 cm³/mol. The summed E-state index contributed by atoms with van der Waals surface area (Å²) in [5.41, 5.74) is 2.07. The first kappa shape index (κ1) is 20.2. The summed E-state index contributed by atoms with van der Waals surface area (Å²) >= 11 is 5.25. The molecule has 3 rings (SSSR count). The molecule has 0 N–H and O–H groups in total. The zero-order chi connectivity index (χ0) is 19.4. The van der Waals surface area contributed by atoms with Crippen molar-refractivity contribution in [3.63, 3.8) is 0 Å². The second kappa shape index (κ2) is 8.67. The molecule has 6 heteroatoms. The van der Waals surface area contributed by atoms with E-state index in [-0.39, 0.29) is 18.2 Å². The van der Waals surface area contributed by atoms with Crippen molar-refractivity contribution in [2.45, 2.75) is 51.3 Å². The number of ether oxygens (including phenoxy) is 2. The SMILES string of the molecule is CC(C)(C)OC(=O)N1CCc2ccccc2C(CC=S)C1N1CCOCC1. The molecule has 1 fully saturated rings. The van der Waals surface area contributed by atoms with Gasteiger partial charge in [-0.05, 0) is 50.1 Å². The van der Waals surface area contributed by atoms with E-state index in [0.717, 1.165) is 25.9 Å². The highest BCUT2D eigenvalue weighted by molar-refractivity contribution is 7.78. The summed E-state index contributed by atoms with van der Waals surface area (Å²) in [5.74, 6) is 0.131. The normalized spacial score (nSPS) is 24.0. The molecule has 1 amide bonds. The second-order valence-corrected chi connectivity index (χ2v) is 8.53. The molecule has 0 bridgehead atoms. The van der Waals surface area contributed by atoms with Crippen molar-refractivity contribution in [3.05, 3.63) is 35.4 Å². The fraction of sp³-hybridized carbons (Fsp3) is 0.619. The molecular weight excluding hydrogens is 360 g/mol. The number of benzene rings is 1. The van der Waals surface area contributed by atoms with Gasteiger partial charge in [0.15, 0.2) is 0 Å². The van der Waals surface area contributed by atoms with Gasteiger partial charge in [0, 0.05) is 25.6 Å². The summed E-state index contributed by atoms with van der Waals surface area (Å²) in [6.07, 6.45) is 1.24. The standard InChI is InChI=1S/C21H30N2O3S/c1-21(2,3)26-20(24)23-10-8-16-6-4-5-7-17(16)18(9-15-27)19(23)22-11-13-25-14-12-22/h4-7,15,18-19H,8-14H2,1-3H3. The first-order valence-electron chi connectivity index (χ1n) is 9.73. The molecule has 1 aromatic carbocycles. The summed E-state index contributed by atoms with van der Waals surface area (Å²) in [5, 5.41) is 1.80. The van der Waals surface area contributed by atoms with E-state index in [4.69, 9.17) is 21.7 Å². The zero-order valence-electron chi connectivity index (χ0n) is 16.5. The van der Waals surface area contributed by atoms with Gasteiger partial charge < -0.3 is 9.47 Å². The third-order valence-electron chi connectivity index (χ3n) is 5.15. The van der Waals surface area contributed by atoms with Crippen LogP contribution < -0.4 is 0 Å². The van der Waals surface area contributed by atoms with E-state index in [0.29, 0.717) is 19.8 Å². The first-order valence-corrected chi connectivity index (χ1v) is 10.2. The number of carbonyl (C=O) groups is 1. The van der Waals surface area contributed by atoms with Crippen LogP contribution in [0.4, 0.5) is 4.79 Å². The maximum absolute atomic E-state index is 13.1. The minimum atomic E-state index is -0.522. The second-order valence-electron chi connectivity index (χ2n) is 8.19. The summed E-state index contributed by atoms with van der Waals surface area (Å²) < 4.78 is 11.3. The lowest BCUT2D eigenvalue weighted by molar-refractivity contribution is -0.0512. The van der Waals surface area contributed by atoms with Crippen LogP contribution in [0.3, 0.4) is 0 Å². The Morgan fingerprint density at radius 1 is 1.26 bits per heavy atom. The molecule has 2 aliphatic rings. The van der Waals surface area contributed by atoms with Gasteiger partial charge in [-0.3, -0.25) is 9.80 Å². The highest BCUT2D eigenvalue weighted by Crippen LogP contribution is 2.35. The van der Waals surface area contributed by atoms with E-state index in [2.05, 4.69) is 29.2 Å². The van der Waals surface area contributed by atoms with E-state index in [9.17, 15) is 4.79 Å². The van der Waals surface area contributed by atoms with Gasteiger partial charge in [0.25, 0.3) is 0 Å². The lowest BCUT2D eigenvalue weighted by Crippen LogP contribution is -2.57. The number of morpholine rings is 1. The fourth-order valence-electron chi connectivity index (χ4n) is 4.04. The zero-order valence-corrected chi connectivity index (χ0v) is 17.3. The summed E-state index contributed by atoms with van der Waals surface area (Å²) in [4.78, 5) is 17.4. The molecule has 0 saturated carbocycles. The molecule has 27 heavy (non-hydrogen) atoms. The highest BCUT2D eigenvalue weighted by atomic mass is 32.1. The first-order chi connectivity index (χ1) is 12.9. The number of rotatable bonds is 3. The van der Waals surface area contributed by atoms with E-state index in [1.54, 1.807) is 5.37 Å². The van der Waals surface area contributed by atoms with Crippen LogP contribution in [0.2, 0.25) is 0 Å². The van der Waals surface area contributed by atoms with Gasteiger partial charge in [-0.2, -0.15) is 0 Å². The monoisotopic (exact) mass is 390 g/mol. The van der Waals surface area contributed by atoms with E-state index in [1.165, 1.54) is 11.1 Å². The van der Waals surface area contributed by atoms with Crippen LogP contribution in [0.5, 0.6) is 0 Å². The van der Waals surface area contributed by atoms with Crippen LogP contribution in [-0.4, -0.2) is 65.9 Å². The van der Waals surface area contributed by atoms with Crippen molar-refractivity contribution < 1.29 is 14.3 Å². The molecule has 0 aromatic heterocycles. The maximum Gasteiger partial charge on any atom is 0.411 e. The van der Waals surface area contributed by atoms with Gasteiger partial charge in [-0.25, -0.2) is 4.79 Å². The summed E-state index contributed by atoms with van der Waals surface area (Å²) in [7, 11) is 0. The average molecular weight is 391 g/mol. The Balaban J connectivity index is 2.00. The van der Waals surface area contributed by atoms with Gasteiger partial charge in [0.1, 0.15) is 5.60 Å². The third-order valence-corrected chi connectivity index (χ3v) is 5.35. The molecule has 1 saturated heterocycles. The molecular formula is C21H30N2O3S. The highest BCUT2D eigenvalue weighted by Gasteiger charge is 2.40. The molecule has 2 atom stereocenters. The molecule has 0 spiro atoms. The number of carbonyl (C=O) groups excluding carboxylic acids is 1. The van der Waals surface area contributed by atoms with E-state index in [1.807, 2.05) is 25.7 Å². The molecule has 148 valence electrons. The van der Waals surface area contributed by atoms with E-state index >= 15 is 0 Å². The summed E-state index contributed by atoms with van der Waals surface area (Å²) in [6.45, 7) is 9.36. The number of amides is 1. The quantitative estimate of drug-likeness (QED) is 0.738.